The van der Waals surface area contributed by atoms with Gasteiger partial charge in [0, 0.05) is 10.6 Å². The second-order valence-electron chi connectivity index (χ2n) is 7.73. The number of carbonyl (C=O) groups is 2. The second kappa shape index (κ2) is 12.4. The molecule has 10 heteroatoms. The van der Waals surface area contributed by atoms with E-state index in [-0.39, 0.29) is 30.9 Å². The molecule has 0 aliphatic carbocycles. The maximum absolute atomic E-state index is 12.9. The molecule has 37 heavy (non-hydrogen) atoms. The third-order valence-electron chi connectivity index (χ3n) is 5.33. The van der Waals surface area contributed by atoms with Crippen molar-refractivity contribution in [3.05, 3.63) is 90.9 Å². The van der Waals surface area contributed by atoms with Crippen LogP contribution in [0.2, 0.25) is 5.02 Å². The van der Waals surface area contributed by atoms with Crippen LogP contribution in [0.4, 0.5) is 4.79 Å². The number of carbonyl (C=O) groups excluding carboxylic acids is 2. The van der Waals surface area contributed by atoms with Crippen LogP contribution < -0.4 is 14.2 Å². The quantitative estimate of drug-likeness (QED) is 0.193. The zero-order chi connectivity index (χ0) is 26.4. The summed E-state index contributed by atoms with van der Waals surface area (Å²) in [5.74, 6) is 1.23. The van der Waals surface area contributed by atoms with Gasteiger partial charge in [-0.05, 0) is 88.5 Å². The number of nitriles is 1. The fourth-order valence-corrected chi connectivity index (χ4v) is 5.27. The van der Waals surface area contributed by atoms with Crippen molar-refractivity contribution in [1.82, 2.24) is 4.90 Å². The van der Waals surface area contributed by atoms with Gasteiger partial charge in [0.2, 0.25) is 0 Å². The molecule has 0 bridgehead atoms. The molecule has 0 spiro atoms. The summed E-state index contributed by atoms with van der Waals surface area (Å²) in [4.78, 5) is 26.8. The van der Waals surface area contributed by atoms with Crippen molar-refractivity contribution in [1.29, 1.82) is 5.26 Å². The van der Waals surface area contributed by atoms with Crippen molar-refractivity contribution >= 4 is 63.2 Å². The Balaban J connectivity index is 1.45. The molecular formula is C27H20ClIN2O5S. The number of imide groups is 1. The first-order chi connectivity index (χ1) is 17.9. The fourth-order valence-electron chi connectivity index (χ4n) is 3.50. The maximum atomic E-state index is 12.9. The SMILES string of the molecule is COc1cc(/C=C2\SC(=O)N(CCOc3ccc(Cl)cc3)C2=O)cc(I)c1OCc1ccccc1C#N. The summed E-state index contributed by atoms with van der Waals surface area (Å²) in [6, 6.07) is 19.8. The van der Waals surface area contributed by atoms with E-state index in [0.29, 0.717) is 38.3 Å². The monoisotopic (exact) mass is 646 g/mol. The Bertz CT molecular complexity index is 1400. The number of amides is 2. The van der Waals surface area contributed by atoms with Crippen LogP contribution in [0.25, 0.3) is 6.08 Å². The van der Waals surface area contributed by atoms with E-state index in [2.05, 4.69) is 28.7 Å². The summed E-state index contributed by atoms with van der Waals surface area (Å²) in [7, 11) is 1.53. The van der Waals surface area contributed by atoms with Crippen LogP contribution >= 0.6 is 46.0 Å². The molecule has 1 saturated heterocycles. The second-order valence-corrected chi connectivity index (χ2v) is 10.3. The van der Waals surface area contributed by atoms with Gasteiger partial charge in [-0.2, -0.15) is 5.26 Å². The maximum Gasteiger partial charge on any atom is 0.293 e. The number of benzene rings is 3. The Kier molecular flexibility index (Phi) is 8.97. The molecular weight excluding hydrogens is 627 g/mol. The van der Waals surface area contributed by atoms with Crippen LogP contribution in [0.1, 0.15) is 16.7 Å². The zero-order valence-electron chi connectivity index (χ0n) is 19.6. The lowest BCUT2D eigenvalue weighted by molar-refractivity contribution is -0.123. The Labute approximate surface area is 237 Å². The number of rotatable bonds is 9. The number of ether oxygens (including phenoxy) is 3. The van der Waals surface area contributed by atoms with E-state index in [1.54, 1.807) is 48.5 Å². The molecule has 7 nitrogen and oxygen atoms in total. The summed E-state index contributed by atoms with van der Waals surface area (Å²) in [5, 5.41) is 9.55. The third-order valence-corrected chi connectivity index (χ3v) is 7.29. The Morgan fingerprint density at radius 3 is 2.59 bits per heavy atom. The van der Waals surface area contributed by atoms with Crippen LogP contribution in [-0.4, -0.2) is 36.3 Å². The summed E-state index contributed by atoms with van der Waals surface area (Å²) >= 11 is 8.88. The molecule has 2 amide bonds. The lowest BCUT2D eigenvalue weighted by Crippen LogP contribution is -2.32. The topological polar surface area (TPSA) is 88.9 Å². The summed E-state index contributed by atoms with van der Waals surface area (Å²) in [5.41, 5.74) is 2.00. The van der Waals surface area contributed by atoms with Crippen molar-refractivity contribution in [3.63, 3.8) is 0 Å². The first-order valence-electron chi connectivity index (χ1n) is 11.0. The van der Waals surface area contributed by atoms with Crippen molar-refractivity contribution in [2.45, 2.75) is 6.61 Å². The molecule has 0 atom stereocenters. The zero-order valence-corrected chi connectivity index (χ0v) is 23.3. The van der Waals surface area contributed by atoms with E-state index < -0.39 is 0 Å². The summed E-state index contributed by atoms with van der Waals surface area (Å²) in [6.45, 7) is 0.495. The van der Waals surface area contributed by atoms with Crippen LogP contribution in [-0.2, 0) is 11.4 Å². The highest BCUT2D eigenvalue weighted by Crippen LogP contribution is 2.37. The van der Waals surface area contributed by atoms with Gasteiger partial charge >= 0.3 is 0 Å². The number of methoxy groups -OCH3 is 1. The van der Waals surface area contributed by atoms with Crippen LogP contribution in [0.15, 0.2) is 65.6 Å². The molecule has 3 aromatic carbocycles. The van der Waals surface area contributed by atoms with Crippen molar-refractivity contribution in [2.24, 2.45) is 0 Å². The highest BCUT2D eigenvalue weighted by atomic mass is 127. The first-order valence-corrected chi connectivity index (χ1v) is 13.3. The summed E-state index contributed by atoms with van der Waals surface area (Å²) in [6.07, 6.45) is 1.66. The summed E-state index contributed by atoms with van der Waals surface area (Å²) < 4.78 is 17.9. The van der Waals surface area contributed by atoms with Gasteiger partial charge in [-0.1, -0.05) is 29.8 Å². The minimum Gasteiger partial charge on any atom is -0.493 e. The lowest BCUT2D eigenvalue weighted by Gasteiger charge is -2.14. The van der Waals surface area contributed by atoms with Gasteiger partial charge in [0.05, 0.1) is 33.8 Å². The third kappa shape index (κ3) is 6.57. The number of halogens is 2. The minimum atomic E-state index is -0.378. The van der Waals surface area contributed by atoms with Gasteiger partial charge in [0.25, 0.3) is 11.1 Å². The Morgan fingerprint density at radius 2 is 1.86 bits per heavy atom. The first kappa shape index (κ1) is 26.9. The average molecular weight is 647 g/mol. The molecule has 4 rings (SSSR count). The van der Waals surface area contributed by atoms with Gasteiger partial charge in [0.15, 0.2) is 11.5 Å². The smallest absolute Gasteiger partial charge is 0.293 e. The molecule has 0 N–H and O–H groups in total. The average Bonchev–Trinajstić information content (AvgIpc) is 3.16. The van der Waals surface area contributed by atoms with Gasteiger partial charge in [-0.3, -0.25) is 14.5 Å². The largest absolute Gasteiger partial charge is 0.493 e. The van der Waals surface area contributed by atoms with Gasteiger partial charge < -0.3 is 14.2 Å². The van der Waals surface area contributed by atoms with Gasteiger partial charge in [-0.15, -0.1) is 0 Å². The van der Waals surface area contributed by atoms with Crippen LogP contribution in [0, 0.1) is 14.9 Å². The van der Waals surface area contributed by atoms with E-state index >= 15 is 0 Å². The highest BCUT2D eigenvalue weighted by Gasteiger charge is 2.35. The number of hydrogen-bond donors (Lipinski definition) is 0. The van der Waals surface area contributed by atoms with E-state index in [4.69, 9.17) is 25.8 Å². The van der Waals surface area contributed by atoms with Crippen LogP contribution in [0.3, 0.4) is 0 Å². The predicted molar refractivity (Wildman–Crippen MR) is 151 cm³/mol. The molecule has 0 radical (unpaired) electrons. The molecule has 188 valence electrons. The molecule has 0 aromatic heterocycles. The number of thioether (sulfide) groups is 1. The Morgan fingerprint density at radius 1 is 1.11 bits per heavy atom. The predicted octanol–water partition coefficient (Wildman–Crippen LogP) is 6.52. The van der Waals surface area contributed by atoms with Crippen molar-refractivity contribution in [2.75, 3.05) is 20.3 Å². The van der Waals surface area contributed by atoms with E-state index in [1.807, 2.05) is 18.2 Å². The molecule has 1 heterocycles. The van der Waals surface area contributed by atoms with Crippen LogP contribution in [0.5, 0.6) is 17.2 Å². The normalized spacial score (nSPS) is 14.1. The van der Waals surface area contributed by atoms with E-state index in [1.165, 1.54) is 12.0 Å². The molecule has 0 saturated carbocycles. The van der Waals surface area contributed by atoms with Crippen molar-refractivity contribution in [3.8, 4) is 23.3 Å². The molecule has 1 aliphatic rings. The molecule has 3 aromatic rings. The molecule has 1 fully saturated rings. The standard InChI is InChI=1S/C27H20ClIN2O5S/c1-34-23-13-17(12-22(29)25(23)36-16-19-5-3-2-4-18(19)15-30)14-24-26(32)31(27(33)37-24)10-11-35-21-8-6-20(28)7-9-21/h2-9,12-14H,10-11,16H2,1H3/b24-14-. The van der Waals surface area contributed by atoms with Gasteiger partial charge in [-0.25, -0.2) is 0 Å². The molecule has 0 unspecified atom stereocenters. The van der Waals surface area contributed by atoms with E-state index in [0.717, 1.165) is 20.9 Å². The minimum absolute atomic E-state index is 0.127. The fraction of sp³-hybridized carbons (Fsp3) is 0.148. The van der Waals surface area contributed by atoms with E-state index in [9.17, 15) is 14.9 Å². The van der Waals surface area contributed by atoms with Gasteiger partial charge in [0.1, 0.15) is 19.0 Å². The van der Waals surface area contributed by atoms with Crippen molar-refractivity contribution < 1.29 is 23.8 Å². The highest BCUT2D eigenvalue weighted by molar-refractivity contribution is 14.1. The molecule has 1 aliphatic heterocycles. The number of nitrogens with zero attached hydrogens (tertiary/aromatic N) is 2. The Hall–Kier alpha value is -3.20. The number of hydrogen-bond acceptors (Lipinski definition) is 7. The lowest BCUT2D eigenvalue weighted by atomic mass is 10.1.